The van der Waals surface area contributed by atoms with E-state index in [0.717, 1.165) is 38.8 Å². The molecular weight excluding hydrogens is 290 g/mol. The van der Waals surface area contributed by atoms with Gasteiger partial charge in [-0.25, -0.2) is 0 Å². The van der Waals surface area contributed by atoms with Crippen LogP contribution < -0.4 is 0 Å². The Kier molecular flexibility index (Phi) is 5.81. The van der Waals surface area contributed by atoms with Gasteiger partial charge in [0.05, 0.1) is 0 Å². The molecule has 2 aliphatic rings. The number of fused-ring (bicyclic) bond motifs is 1. The van der Waals surface area contributed by atoms with Crippen LogP contribution in [0.3, 0.4) is 0 Å². The lowest BCUT2D eigenvalue weighted by Gasteiger charge is -2.42. The van der Waals surface area contributed by atoms with Gasteiger partial charge in [-0.3, -0.25) is 9.59 Å². The van der Waals surface area contributed by atoms with Crippen LogP contribution >= 0.6 is 0 Å². The molecule has 5 nitrogen and oxygen atoms in total. The molecule has 126 valence electrons. The molecule has 0 bridgehead atoms. The molecule has 0 aromatic carbocycles. The van der Waals surface area contributed by atoms with Gasteiger partial charge in [0, 0.05) is 32.6 Å². The highest BCUT2D eigenvalue weighted by molar-refractivity contribution is 5.97. The summed E-state index contributed by atoms with van der Waals surface area (Å²) < 4.78 is 0. The number of piperidine rings is 1. The van der Waals surface area contributed by atoms with E-state index in [1.165, 1.54) is 0 Å². The second kappa shape index (κ2) is 7.63. The second-order valence-electron chi connectivity index (χ2n) is 7.01. The number of allylic oxidation sites excluding steroid dienone is 1. The minimum atomic E-state index is -0.130. The minimum Gasteiger partial charge on any atom is -0.343 e. The zero-order valence-electron chi connectivity index (χ0n) is 14.4. The molecule has 0 aromatic rings. The van der Waals surface area contributed by atoms with E-state index in [-0.39, 0.29) is 29.3 Å². The van der Waals surface area contributed by atoms with Crippen molar-refractivity contribution in [3.63, 3.8) is 0 Å². The SMILES string of the molecule is CC(=O)N1CC[C@@H]2[C@H](CCCCN2C(=O)/C(C#N)=C/C(C)C)C1. The third-order valence-corrected chi connectivity index (χ3v) is 4.88. The predicted molar refractivity (Wildman–Crippen MR) is 88.2 cm³/mol. The lowest BCUT2D eigenvalue weighted by atomic mass is 9.88. The topological polar surface area (TPSA) is 64.4 Å². The van der Waals surface area contributed by atoms with E-state index >= 15 is 0 Å². The monoisotopic (exact) mass is 317 g/mol. The molecule has 5 heteroatoms. The Hall–Kier alpha value is -1.83. The van der Waals surface area contributed by atoms with Crippen LogP contribution in [0.5, 0.6) is 0 Å². The van der Waals surface area contributed by atoms with Gasteiger partial charge in [0.1, 0.15) is 11.6 Å². The molecule has 0 radical (unpaired) electrons. The third kappa shape index (κ3) is 4.13. The Morgan fingerprint density at radius 3 is 2.57 bits per heavy atom. The van der Waals surface area contributed by atoms with Crippen molar-refractivity contribution in [2.45, 2.75) is 52.5 Å². The van der Waals surface area contributed by atoms with Crippen LogP contribution in [0.1, 0.15) is 46.5 Å². The van der Waals surface area contributed by atoms with E-state index in [1.54, 1.807) is 13.0 Å². The number of hydrogen-bond donors (Lipinski definition) is 0. The van der Waals surface area contributed by atoms with Crippen LogP contribution in [0, 0.1) is 23.2 Å². The Balaban J connectivity index is 2.20. The molecule has 2 fully saturated rings. The van der Waals surface area contributed by atoms with Gasteiger partial charge in [-0.05, 0) is 31.1 Å². The molecule has 0 aliphatic carbocycles. The van der Waals surface area contributed by atoms with E-state index in [4.69, 9.17) is 0 Å². The Morgan fingerprint density at radius 2 is 1.96 bits per heavy atom. The average molecular weight is 317 g/mol. The number of nitriles is 1. The first kappa shape index (κ1) is 17.5. The summed E-state index contributed by atoms with van der Waals surface area (Å²) in [6.07, 6.45) is 5.67. The minimum absolute atomic E-state index is 0.114. The first-order valence-corrected chi connectivity index (χ1v) is 8.62. The first-order valence-electron chi connectivity index (χ1n) is 8.62. The maximum absolute atomic E-state index is 12.8. The highest BCUT2D eigenvalue weighted by Gasteiger charge is 2.38. The molecule has 2 saturated heterocycles. The molecule has 2 amide bonds. The molecule has 2 atom stereocenters. The van der Waals surface area contributed by atoms with Crippen LogP contribution in [0.4, 0.5) is 0 Å². The van der Waals surface area contributed by atoms with Crippen LogP contribution in [0.2, 0.25) is 0 Å². The number of hydrogen-bond acceptors (Lipinski definition) is 3. The Labute approximate surface area is 138 Å². The van der Waals surface area contributed by atoms with Gasteiger partial charge >= 0.3 is 0 Å². The summed E-state index contributed by atoms with van der Waals surface area (Å²) >= 11 is 0. The van der Waals surface area contributed by atoms with Gasteiger partial charge in [-0.15, -0.1) is 0 Å². The van der Waals surface area contributed by atoms with Crippen LogP contribution in [0.25, 0.3) is 0 Å². The molecule has 23 heavy (non-hydrogen) atoms. The molecule has 0 unspecified atom stereocenters. The van der Waals surface area contributed by atoms with Crippen LogP contribution in [-0.4, -0.2) is 47.3 Å². The number of likely N-dealkylation sites (tertiary alicyclic amines) is 2. The van der Waals surface area contributed by atoms with Gasteiger partial charge in [0.25, 0.3) is 5.91 Å². The van der Waals surface area contributed by atoms with E-state index in [0.29, 0.717) is 12.5 Å². The number of carbonyl (C=O) groups excluding carboxylic acids is 2. The lowest BCUT2D eigenvalue weighted by Crippen LogP contribution is -2.53. The molecule has 2 rings (SSSR count). The molecule has 2 aliphatic heterocycles. The highest BCUT2D eigenvalue weighted by Crippen LogP contribution is 2.31. The molecule has 0 spiro atoms. The van der Waals surface area contributed by atoms with Crippen molar-refractivity contribution in [1.29, 1.82) is 5.26 Å². The van der Waals surface area contributed by atoms with E-state index in [1.807, 2.05) is 23.6 Å². The largest absolute Gasteiger partial charge is 0.343 e. The van der Waals surface area contributed by atoms with Crippen molar-refractivity contribution in [3.05, 3.63) is 11.6 Å². The third-order valence-electron chi connectivity index (χ3n) is 4.88. The number of nitrogens with zero attached hydrogens (tertiary/aromatic N) is 3. The zero-order chi connectivity index (χ0) is 17.0. The van der Waals surface area contributed by atoms with Gasteiger partial charge < -0.3 is 9.80 Å². The van der Waals surface area contributed by atoms with Gasteiger partial charge in [0.15, 0.2) is 0 Å². The summed E-state index contributed by atoms with van der Waals surface area (Å²) in [5.41, 5.74) is 0.259. The smallest absolute Gasteiger partial charge is 0.264 e. The lowest BCUT2D eigenvalue weighted by molar-refractivity contribution is -0.135. The van der Waals surface area contributed by atoms with Crippen LogP contribution in [-0.2, 0) is 9.59 Å². The maximum atomic E-state index is 12.8. The second-order valence-corrected chi connectivity index (χ2v) is 7.01. The molecular formula is C18H27N3O2. The van der Waals surface area contributed by atoms with Crippen molar-refractivity contribution in [2.24, 2.45) is 11.8 Å². The number of carbonyl (C=O) groups is 2. The fourth-order valence-electron chi connectivity index (χ4n) is 3.75. The molecule has 2 heterocycles. The van der Waals surface area contributed by atoms with Gasteiger partial charge in [-0.2, -0.15) is 5.26 Å². The average Bonchev–Trinajstić information content (AvgIpc) is 2.73. The predicted octanol–water partition coefficient (Wildman–Crippen LogP) is 2.34. The highest BCUT2D eigenvalue weighted by atomic mass is 16.2. The van der Waals surface area contributed by atoms with Crippen molar-refractivity contribution in [1.82, 2.24) is 9.80 Å². The molecule has 0 N–H and O–H groups in total. The summed E-state index contributed by atoms with van der Waals surface area (Å²) in [6, 6.07) is 2.24. The number of amides is 2. The normalized spacial score (nSPS) is 25.6. The summed E-state index contributed by atoms with van der Waals surface area (Å²) in [5, 5.41) is 9.34. The van der Waals surface area contributed by atoms with Crippen molar-refractivity contribution in [3.8, 4) is 6.07 Å². The molecule has 0 saturated carbocycles. The Bertz CT molecular complexity index is 533. The number of rotatable bonds is 2. The Morgan fingerprint density at radius 1 is 1.22 bits per heavy atom. The van der Waals surface area contributed by atoms with E-state index < -0.39 is 0 Å². The van der Waals surface area contributed by atoms with Crippen LogP contribution in [0.15, 0.2) is 11.6 Å². The van der Waals surface area contributed by atoms with E-state index in [9.17, 15) is 14.9 Å². The van der Waals surface area contributed by atoms with Gasteiger partial charge in [-0.1, -0.05) is 26.3 Å². The summed E-state index contributed by atoms with van der Waals surface area (Å²) in [7, 11) is 0. The van der Waals surface area contributed by atoms with Crippen molar-refractivity contribution in [2.75, 3.05) is 19.6 Å². The van der Waals surface area contributed by atoms with Gasteiger partial charge in [0.2, 0.25) is 5.91 Å². The van der Waals surface area contributed by atoms with Crippen molar-refractivity contribution >= 4 is 11.8 Å². The first-order chi connectivity index (χ1) is 10.9. The molecule has 0 aromatic heterocycles. The summed E-state index contributed by atoms with van der Waals surface area (Å²) in [6.45, 7) is 7.72. The fourth-order valence-corrected chi connectivity index (χ4v) is 3.75. The standard InChI is InChI=1S/C18H27N3O2/c1-13(2)10-16(11-19)18(23)21-8-5-4-6-15-12-20(14(3)22)9-7-17(15)21/h10,13,15,17H,4-9,12H2,1-3H3/b16-10+/t15-,17-/m1/s1. The van der Waals surface area contributed by atoms with E-state index in [2.05, 4.69) is 6.07 Å². The summed E-state index contributed by atoms with van der Waals surface area (Å²) in [4.78, 5) is 28.3. The maximum Gasteiger partial charge on any atom is 0.264 e. The van der Waals surface area contributed by atoms with Crippen molar-refractivity contribution < 1.29 is 9.59 Å². The quantitative estimate of drug-likeness (QED) is 0.580. The zero-order valence-corrected chi connectivity index (χ0v) is 14.4. The fraction of sp³-hybridized carbons (Fsp3) is 0.722. The summed E-state index contributed by atoms with van der Waals surface area (Å²) in [5.74, 6) is 0.492.